The number of rotatable bonds is 5. The van der Waals surface area contributed by atoms with E-state index in [0.717, 1.165) is 13.0 Å². The molecule has 0 amide bonds. The van der Waals surface area contributed by atoms with Crippen molar-refractivity contribution in [2.24, 2.45) is 5.92 Å². The summed E-state index contributed by atoms with van der Waals surface area (Å²) < 4.78 is 0. The first kappa shape index (κ1) is 15.7. The fourth-order valence-electron chi connectivity index (χ4n) is 2.17. The van der Waals surface area contributed by atoms with E-state index in [2.05, 4.69) is 24.9 Å². The fourth-order valence-corrected chi connectivity index (χ4v) is 2.17. The van der Waals surface area contributed by atoms with Crippen LogP contribution in [0.1, 0.15) is 25.8 Å². The van der Waals surface area contributed by atoms with Crippen LogP contribution in [0.4, 0.5) is 11.5 Å². The van der Waals surface area contributed by atoms with Crippen molar-refractivity contribution < 1.29 is 4.92 Å². The van der Waals surface area contributed by atoms with Crippen LogP contribution in [0.2, 0.25) is 0 Å². The van der Waals surface area contributed by atoms with Gasteiger partial charge in [0.05, 0.1) is 22.1 Å². The van der Waals surface area contributed by atoms with Crippen molar-refractivity contribution in [2.45, 2.75) is 20.3 Å². The highest BCUT2D eigenvalue weighted by molar-refractivity contribution is 5.88. The van der Waals surface area contributed by atoms with Gasteiger partial charge in [0.15, 0.2) is 0 Å². The second kappa shape index (κ2) is 6.39. The minimum atomic E-state index is -0.469. The van der Waals surface area contributed by atoms with E-state index in [4.69, 9.17) is 0 Å². The van der Waals surface area contributed by atoms with Crippen molar-refractivity contribution in [3.05, 3.63) is 39.9 Å². The maximum atomic E-state index is 10.9. The Kier molecular flexibility index (Phi) is 4.56. The lowest BCUT2D eigenvalue weighted by Crippen LogP contribution is -2.21. The molecule has 0 radical (unpaired) electrons. The number of benzene rings is 1. The van der Waals surface area contributed by atoms with Crippen molar-refractivity contribution >= 4 is 22.4 Å². The number of aromatic nitrogens is 1. The molecule has 0 atom stereocenters. The summed E-state index contributed by atoms with van der Waals surface area (Å²) >= 11 is 0. The number of nitriles is 1. The van der Waals surface area contributed by atoms with Gasteiger partial charge in [-0.1, -0.05) is 13.8 Å². The van der Waals surface area contributed by atoms with Gasteiger partial charge in [-0.05, 0) is 24.5 Å². The molecule has 0 fully saturated rings. The first-order chi connectivity index (χ1) is 10.4. The van der Waals surface area contributed by atoms with Crippen LogP contribution < -0.4 is 4.90 Å². The van der Waals surface area contributed by atoms with E-state index < -0.39 is 4.92 Å². The number of anilines is 1. The van der Waals surface area contributed by atoms with Crippen molar-refractivity contribution in [1.82, 2.24) is 4.98 Å². The Morgan fingerprint density at radius 2 is 2.14 bits per heavy atom. The zero-order valence-corrected chi connectivity index (χ0v) is 12.9. The lowest BCUT2D eigenvalue weighted by molar-refractivity contribution is -0.384. The summed E-state index contributed by atoms with van der Waals surface area (Å²) in [6.45, 7) is 5.15. The molecule has 1 heterocycles. The molecule has 0 bridgehead atoms. The van der Waals surface area contributed by atoms with Crippen LogP contribution >= 0.6 is 0 Å². The van der Waals surface area contributed by atoms with Crippen molar-refractivity contribution in [1.29, 1.82) is 5.26 Å². The van der Waals surface area contributed by atoms with Crippen molar-refractivity contribution in [2.75, 3.05) is 18.5 Å². The van der Waals surface area contributed by atoms with Gasteiger partial charge in [0, 0.05) is 31.1 Å². The first-order valence-corrected chi connectivity index (χ1v) is 7.12. The first-order valence-electron chi connectivity index (χ1n) is 7.12. The van der Waals surface area contributed by atoms with Gasteiger partial charge >= 0.3 is 0 Å². The third kappa shape index (κ3) is 3.31. The van der Waals surface area contributed by atoms with Crippen LogP contribution in [-0.2, 0) is 0 Å². The minimum absolute atomic E-state index is 0.0355. The smallest absolute Gasteiger partial charge is 0.270 e. The predicted octanol–water partition coefficient (Wildman–Crippen LogP) is 3.50. The van der Waals surface area contributed by atoms with E-state index in [9.17, 15) is 15.4 Å². The molecule has 2 rings (SSSR count). The highest BCUT2D eigenvalue weighted by Gasteiger charge is 2.13. The molecule has 0 unspecified atom stereocenters. The normalized spacial score (nSPS) is 10.7. The highest BCUT2D eigenvalue weighted by Crippen LogP contribution is 2.26. The zero-order valence-electron chi connectivity index (χ0n) is 12.9. The van der Waals surface area contributed by atoms with Gasteiger partial charge in [-0.2, -0.15) is 5.26 Å². The lowest BCUT2D eigenvalue weighted by Gasteiger charge is -2.20. The van der Waals surface area contributed by atoms with Crippen LogP contribution in [0.25, 0.3) is 10.9 Å². The Hall–Kier alpha value is -2.68. The summed E-state index contributed by atoms with van der Waals surface area (Å²) in [6, 6.07) is 8.20. The monoisotopic (exact) mass is 298 g/mol. The average molecular weight is 298 g/mol. The molecule has 6 heteroatoms. The van der Waals surface area contributed by atoms with E-state index in [0.29, 0.717) is 28.2 Å². The predicted molar refractivity (Wildman–Crippen MR) is 85.8 cm³/mol. The molecule has 0 aliphatic heterocycles. The second-order valence-electron chi connectivity index (χ2n) is 5.70. The minimum Gasteiger partial charge on any atom is -0.360 e. The molecule has 0 saturated heterocycles. The topological polar surface area (TPSA) is 83.1 Å². The van der Waals surface area contributed by atoms with Gasteiger partial charge in [-0.25, -0.2) is 4.98 Å². The Labute approximate surface area is 129 Å². The van der Waals surface area contributed by atoms with E-state index in [1.165, 1.54) is 12.1 Å². The summed E-state index contributed by atoms with van der Waals surface area (Å²) in [4.78, 5) is 16.9. The van der Waals surface area contributed by atoms with Crippen molar-refractivity contribution in [3.8, 4) is 6.07 Å². The average Bonchev–Trinajstić information content (AvgIpc) is 2.50. The Bertz CT molecular complexity index is 750. The summed E-state index contributed by atoms with van der Waals surface area (Å²) in [5.41, 5.74) is 0.961. The standard InChI is InChI=1S/C16H18N4O2/c1-11(2)6-7-19(3)16-8-12(10-17)14-9-13(20(21)22)4-5-15(14)18-16/h4-5,8-9,11H,6-7H2,1-3H3. The number of hydrogen-bond acceptors (Lipinski definition) is 5. The maximum absolute atomic E-state index is 10.9. The third-order valence-electron chi connectivity index (χ3n) is 3.54. The van der Waals surface area contributed by atoms with Gasteiger partial charge in [0.25, 0.3) is 5.69 Å². The summed E-state index contributed by atoms with van der Waals surface area (Å²) in [5.74, 6) is 1.29. The molecule has 2 aromatic rings. The van der Waals surface area contributed by atoms with Crippen LogP contribution in [0.3, 0.4) is 0 Å². The Morgan fingerprint density at radius 1 is 1.41 bits per heavy atom. The number of nitro groups is 1. The van der Waals surface area contributed by atoms with E-state index in [1.807, 2.05) is 11.9 Å². The molecular formula is C16H18N4O2. The fraction of sp³-hybridized carbons (Fsp3) is 0.375. The van der Waals surface area contributed by atoms with Gasteiger partial charge in [-0.15, -0.1) is 0 Å². The Morgan fingerprint density at radius 3 is 2.73 bits per heavy atom. The van der Waals surface area contributed by atoms with Gasteiger partial charge in [-0.3, -0.25) is 10.1 Å². The van der Waals surface area contributed by atoms with E-state index in [1.54, 1.807) is 12.1 Å². The number of fused-ring (bicyclic) bond motifs is 1. The Balaban J connectivity index is 2.45. The molecule has 1 aromatic carbocycles. The molecule has 6 nitrogen and oxygen atoms in total. The molecule has 0 saturated carbocycles. The van der Waals surface area contributed by atoms with Crippen molar-refractivity contribution in [3.63, 3.8) is 0 Å². The quantitative estimate of drug-likeness (QED) is 0.623. The molecule has 0 aliphatic carbocycles. The molecule has 0 aliphatic rings. The van der Waals surface area contributed by atoms with Crippen LogP contribution in [0, 0.1) is 27.4 Å². The third-order valence-corrected chi connectivity index (χ3v) is 3.54. The second-order valence-corrected chi connectivity index (χ2v) is 5.70. The molecule has 22 heavy (non-hydrogen) atoms. The largest absolute Gasteiger partial charge is 0.360 e. The molecule has 1 aromatic heterocycles. The SMILES string of the molecule is CC(C)CCN(C)c1cc(C#N)c2cc([N+](=O)[O-])ccc2n1. The lowest BCUT2D eigenvalue weighted by atomic mass is 10.1. The maximum Gasteiger partial charge on any atom is 0.270 e. The molecular weight excluding hydrogens is 280 g/mol. The molecule has 114 valence electrons. The summed E-state index contributed by atoms with van der Waals surface area (Å²) in [6.07, 6.45) is 1.03. The van der Waals surface area contributed by atoms with E-state index >= 15 is 0 Å². The van der Waals surface area contributed by atoms with E-state index in [-0.39, 0.29) is 5.69 Å². The number of nitro benzene ring substituents is 1. The van der Waals surface area contributed by atoms with Crippen LogP contribution in [0.5, 0.6) is 0 Å². The van der Waals surface area contributed by atoms with Gasteiger partial charge < -0.3 is 4.90 Å². The van der Waals surface area contributed by atoms with Gasteiger partial charge in [0.1, 0.15) is 5.82 Å². The molecule has 0 N–H and O–H groups in total. The number of nitrogens with zero attached hydrogens (tertiary/aromatic N) is 4. The van der Waals surface area contributed by atoms with Crippen LogP contribution in [0.15, 0.2) is 24.3 Å². The zero-order chi connectivity index (χ0) is 16.3. The number of hydrogen-bond donors (Lipinski definition) is 0. The molecule has 0 spiro atoms. The summed E-state index contributed by atoms with van der Waals surface area (Å²) in [7, 11) is 1.93. The highest BCUT2D eigenvalue weighted by atomic mass is 16.6. The number of non-ortho nitro benzene ring substituents is 1. The van der Waals surface area contributed by atoms with Crippen LogP contribution in [-0.4, -0.2) is 23.5 Å². The number of pyridine rings is 1. The summed E-state index contributed by atoms with van der Waals surface area (Å²) in [5, 5.41) is 20.7. The van der Waals surface area contributed by atoms with Gasteiger partial charge in [0.2, 0.25) is 0 Å².